The van der Waals surface area contributed by atoms with Crippen molar-refractivity contribution in [1.82, 2.24) is 15.6 Å². The Morgan fingerprint density at radius 1 is 1.24 bits per heavy atom. The summed E-state index contributed by atoms with van der Waals surface area (Å²) in [7, 11) is 0. The summed E-state index contributed by atoms with van der Waals surface area (Å²) in [5, 5.41) is 10.9. The van der Waals surface area contributed by atoms with Gasteiger partial charge in [-0.15, -0.1) is 0 Å². The van der Waals surface area contributed by atoms with Gasteiger partial charge in [-0.2, -0.15) is 0 Å². The Balaban J connectivity index is 1.68. The number of nitrogens with one attached hydrogen (secondary N) is 1. The first kappa shape index (κ1) is 13.9. The second kappa shape index (κ2) is 6.13. The minimum absolute atomic E-state index is 0.378. The molecule has 1 aromatic carbocycles. The number of hydrogen-bond acceptors (Lipinski definition) is 6. The number of piperazine rings is 1. The Hall–Kier alpha value is -2.08. The summed E-state index contributed by atoms with van der Waals surface area (Å²) in [5.74, 6) is 0.872. The van der Waals surface area contributed by atoms with Gasteiger partial charge in [0, 0.05) is 31.9 Å². The van der Waals surface area contributed by atoms with Crippen LogP contribution in [0.3, 0.4) is 0 Å². The van der Waals surface area contributed by atoms with Gasteiger partial charge in [0.05, 0.1) is 0 Å². The fourth-order valence-electron chi connectivity index (χ4n) is 2.44. The van der Waals surface area contributed by atoms with Crippen molar-refractivity contribution < 1.29 is 9.37 Å². The van der Waals surface area contributed by atoms with E-state index in [2.05, 4.69) is 44.2 Å². The molecule has 6 heteroatoms. The van der Waals surface area contributed by atoms with Gasteiger partial charge in [0.2, 0.25) is 0 Å². The molecule has 0 bridgehead atoms. The first-order valence-electron chi connectivity index (χ1n) is 7.21. The molecule has 1 saturated heterocycles. The summed E-state index contributed by atoms with van der Waals surface area (Å²) in [6.07, 6.45) is 0. The van der Waals surface area contributed by atoms with Crippen molar-refractivity contribution in [3.8, 4) is 5.75 Å². The second-order valence-corrected chi connectivity index (χ2v) is 5.27. The van der Waals surface area contributed by atoms with Gasteiger partial charge < -0.3 is 15.0 Å². The smallest absolute Gasteiger partial charge is 0.145 e. The SMILES string of the molecule is Cc1cc(N2CCNCC2)ccc1OCc1nonc1C. The summed E-state index contributed by atoms with van der Waals surface area (Å²) < 4.78 is 10.5. The molecule has 1 aliphatic rings. The van der Waals surface area contributed by atoms with E-state index in [0.717, 1.165) is 48.9 Å². The lowest BCUT2D eigenvalue weighted by Crippen LogP contribution is -2.43. The number of nitrogens with zero attached hydrogens (tertiary/aromatic N) is 3. The molecule has 1 aromatic heterocycles. The summed E-state index contributed by atoms with van der Waals surface area (Å²) in [5.41, 5.74) is 3.88. The topological polar surface area (TPSA) is 63.4 Å². The maximum Gasteiger partial charge on any atom is 0.145 e. The van der Waals surface area contributed by atoms with Crippen molar-refractivity contribution in [3.05, 3.63) is 35.2 Å². The average Bonchev–Trinajstić information content (AvgIpc) is 2.92. The van der Waals surface area contributed by atoms with Gasteiger partial charge in [0.25, 0.3) is 0 Å². The van der Waals surface area contributed by atoms with Crippen LogP contribution in [0.25, 0.3) is 0 Å². The molecule has 1 aliphatic heterocycles. The third-order valence-corrected chi connectivity index (χ3v) is 3.75. The first-order chi connectivity index (χ1) is 10.2. The molecule has 112 valence electrons. The van der Waals surface area contributed by atoms with Gasteiger partial charge in [0.1, 0.15) is 23.7 Å². The highest BCUT2D eigenvalue weighted by Gasteiger charge is 2.12. The van der Waals surface area contributed by atoms with E-state index in [-0.39, 0.29) is 0 Å². The molecular weight excluding hydrogens is 268 g/mol. The van der Waals surface area contributed by atoms with Crippen LogP contribution in [-0.2, 0) is 6.61 Å². The maximum absolute atomic E-state index is 5.81. The van der Waals surface area contributed by atoms with Crippen molar-refractivity contribution in [2.24, 2.45) is 0 Å². The molecule has 0 aliphatic carbocycles. The summed E-state index contributed by atoms with van der Waals surface area (Å²) in [6.45, 7) is 8.46. The molecule has 0 unspecified atom stereocenters. The van der Waals surface area contributed by atoms with Crippen LogP contribution in [-0.4, -0.2) is 36.5 Å². The number of benzene rings is 1. The number of ether oxygens (including phenoxy) is 1. The van der Waals surface area contributed by atoms with Gasteiger partial charge in [-0.1, -0.05) is 10.3 Å². The molecule has 1 fully saturated rings. The number of rotatable bonds is 4. The predicted octanol–water partition coefficient (Wildman–Crippen LogP) is 1.68. The van der Waals surface area contributed by atoms with E-state index >= 15 is 0 Å². The first-order valence-corrected chi connectivity index (χ1v) is 7.21. The fourth-order valence-corrected chi connectivity index (χ4v) is 2.44. The van der Waals surface area contributed by atoms with Gasteiger partial charge in [-0.05, 0) is 37.6 Å². The van der Waals surface area contributed by atoms with Crippen LogP contribution in [0.5, 0.6) is 5.75 Å². The Morgan fingerprint density at radius 2 is 2.05 bits per heavy atom. The zero-order valence-electron chi connectivity index (χ0n) is 12.4. The van der Waals surface area contributed by atoms with Crippen molar-refractivity contribution in [1.29, 1.82) is 0 Å². The minimum Gasteiger partial charge on any atom is -0.487 e. The monoisotopic (exact) mass is 288 g/mol. The van der Waals surface area contributed by atoms with E-state index in [1.165, 1.54) is 5.69 Å². The second-order valence-electron chi connectivity index (χ2n) is 5.27. The molecular formula is C15H20N4O2. The van der Waals surface area contributed by atoms with Crippen molar-refractivity contribution >= 4 is 5.69 Å². The van der Waals surface area contributed by atoms with Crippen LogP contribution >= 0.6 is 0 Å². The molecule has 1 N–H and O–H groups in total. The van der Waals surface area contributed by atoms with E-state index in [4.69, 9.17) is 4.74 Å². The van der Waals surface area contributed by atoms with Gasteiger partial charge in [-0.3, -0.25) is 0 Å². The van der Waals surface area contributed by atoms with Crippen LogP contribution in [0.2, 0.25) is 0 Å². The molecule has 0 amide bonds. The van der Waals surface area contributed by atoms with E-state index in [1.807, 2.05) is 13.0 Å². The van der Waals surface area contributed by atoms with Crippen LogP contribution in [0, 0.1) is 13.8 Å². The zero-order chi connectivity index (χ0) is 14.7. The average molecular weight is 288 g/mol. The summed E-state index contributed by atoms with van der Waals surface area (Å²) in [4.78, 5) is 2.39. The van der Waals surface area contributed by atoms with E-state index < -0.39 is 0 Å². The molecule has 3 rings (SSSR count). The highest BCUT2D eigenvalue weighted by Crippen LogP contribution is 2.25. The summed E-state index contributed by atoms with van der Waals surface area (Å²) >= 11 is 0. The standard InChI is InChI=1S/C15H20N4O2/c1-11-9-13(19-7-5-16-6-8-19)3-4-15(11)20-10-14-12(2)17-21-18-14/h3-4,9,16H,5-8,10H2,1-2H3. The van der Waals surface area contributed by atoms with E-state index in [9.17, 15) is 0 Å². The fraction of sp³-hybridized carbons (Fsp3) is 0.467. The normalized spacial score (nSPS) is 15.2. The number of aromatic nitrogens is 2. The molecule has 0 saturated carbocycles. The molecule has 6 nitrogen and oxygen atoms in total. The summed E-state index contributed by atoms with van der Waals surface area (Å²) in [6, 6.07) is 6.31. The zero-order valence-corrected chi connectivity index (χ0v) is 12.4. The number of hydrogen-bond donors (Lipinski definition) is 1. The highest BCUT2D eigenvalue weighted by molar-refractivity contribution is 5.53. The largest absolute Gasteiger partial charge is 0.487 e. The van der Waals surface area contributed by atoms with Crippen molar-refractivity contribution in [2.75, 3.05) is 31.1 Å². The van der Waals surface area contributed by atoms with Crippen LogP contribution in [0.15, 0.2) is 22.8 Å². The van der Waals surface area contributed by atoms with E-state index in [1.54, 1.807) is 0 Å². The van der Waals surface area contributed by atoms with Gasteiger partial charge in [0.15, 0.2) is 0 Å². The van der Waals surface area contributed by atoms with E-state index in [0.29, 0.717) is 6.61 Å². The molecule has 2 heterocycles. The Bertz CT molecular complexity index is 605. The van der Waals surface area contributed by atoms with Crippen LogP contribution in [0.4, 0.5) is 5.69 Å². The third kappa shape index (κ3) is 3.16. The minimum atomic E-state index is 0.378. The Morgan fingerprint density at radius 3 is 2.71 bits per heavy atom. The number of anilines is 1. The van der Waals surface area contributed by atoms with Gasteiger partial charge in [-0.25, -0.2) is 4.63 Å². The third-order valence-electron chi connectivity index (χ3n) is 3.75. The van der Waals surface area contributed by atoms with Crippen molar-refractivity contribution in [3.63, 3.8) is 0 Å². The van der Waals surface area contributed by atoms with Crippen molar-refractivity contribution in [2.45, 2.75) is 20.5 Å². The quantitative estimate of drug-likeness (QED) is 0.923. The van der Waals surface area contributed by atoms with Gasteiger partial charge >= 0.3 is 0 Å². The molecule has 21 heavy (non-hydrogen) atoms. The highest BCUT2D eigenvalue weighted by atomic mass is 16.6. The van der Waals surface area contributed by atoms with Crippen LogP contribution in [0.1, 0.15) is 17.0 Å². The Kier molecular flexibility index (Phi) is 4.06. The molecule has 0 spiro atoms. The molecule has 0 atom stereocenters. The molecule has 2 aromatic rings. The lowest BCUT2D eigenvalue weighted by molar-refractivity contribution is 0.269. The molecule has 0 radical (unpaired) electrons. The van der Waals surface area contributed by atoms with Crippen LogP contribution < -0.4 is 15.0 Å². The Labute approximate surface area is 124 Å². The lowest BCUT2D eigenvalue weighted by Gasteiger charge is -2.29. The number of aryl methyl sites for hydroxylation is 2. The lowest BCUT2D eigenvalue weighted by atomic mass is 10.1. The maximum atomic E-state index is 5.81. The predicted molar refractivity (Wildman–Crippen MR) is 79.6 cm³/mol.